The highest BCUT2D eigenvalue weighted by molar-refractivity contribution is 5.33. The Balaban J connectivity index is 1.80. The molecule has 0 amide bonds. The molecule has 2 aromatic rings. The number of terminal acetylenes is 1. The summed E-state index contributed by atoms with van der Waals surface area (Å²) in [6.45, 7) is 1.75. The fourth-order valence-electron chi connectivity index (χ4n) is 1.64. The SMILES string of the molecule is C#CCOc1ccccc1CNCCc1ncon1. The molecule has 98 valence electrons. The average Bonchev–Trinajstić information content (AvgIpc) is 2.95. The van der Waals surface area contributed by atoms with E-state index in [1.165, 1.54) is 6.39 Å². The summed E-state index contributed by atoms with van der Waals surface area (Å²) in [6, 6.07) is 7.81. The molecular weight excluding hydrogens is 242 g/mol. The molecule has 0 radical (unpaired) electrons. The molecule has 0 saturated heterocycles. The number of hydrogen-bond acceptors (Lipinski definition) is 5. The number of benzene rings is 1. The predicted octanol–water partition coefficient (Wildman–Crippen LogP) is 1.41. The average molecular weight is 257 g/mol. The molecule has 0 aliphatic heterocycles. The van der Waals surface area contributed by atoms with E-state index in [1.54, 1.807) is 0 Å². The molecule has 0 aliphatic carbocycles. The van der Waals surface area contributed by atoms with Crippen LogP contribution >= 0.6 is 0 Å². The largest absolute Gasteiger partial charge is 0.481 e. The first-order valence-electron chi connectivity index (χ1n) is 6.00. The van der Waals surface area contributed by atoms with E-state index in [1.807, 2.05) is 24.3 Å². The summed E-state index contributed by atoms with van der Waals surface area (Å²) < 4.78 is 10.1. The molecule has 0 bridgehead atoms. The highest BCUT2D eigenvalue weighted by Crippen LogP contribution is 2.17. The molecular formula is C14H15N3O2. The standard InChI is InChI=1S/C14H15N3O2/c1-2-9-18-13-6-4-3-5-12(13)10-15-8-7-14-16-11-19-17-14/h1,3-6,11,15H,7-10H2. The molecule has 5 nitrogen and oxygen atoms in total. The van der Waals surface area contributed by atoms with Crippen molar-refractivity contribution < 1.29 is 9.26 Å². The summed E-state index contributed by atoms with van der Waals surface area (Å²) in [5.41, 5.74) is 1.07. The van der Waals surface area contributed by atoms with Gasteiger partial charge in [-0.2, -0.15) is 4.98 Å². The fourth-order valence-corrected chi connectivity index (χ4v) is 1.64. The molecule has 0 fully saturated rings. The number of nitrogens with zero attached hydrogens (tertiary/aromatic N) is 2. The van der Waals surface area contributed by atoms with Crippen molar-refractivity contribution in [2.75, 3.05) is 13.2 Å². The first kappa shape index (κ1) is 13.1. The van der Waals surface area contributed by atoms with E-state index < -0.39 is 0 Å². The number of ether oxygens (including phenoxy) is 1. The van der Waals surface area contributed by atoms with Crippen molar-refractivity contribution in [3.05, 3.63) is 42.0 Å². The van der Waals surface area contributed by atoms with Gasteiger partial charge in [-0.05, 0) is 6.07 Å². The molecule has 1 aromatic carbocycles. The zero-order chi connectivity index (χ0) is 13.3. The lowest BCUT2D eigenvalue weighted by atomic mass is 10.2. The molecule has 1 N–H and O–H groups in total. The van der Waals surface area contributed by atoms with Gasteiger partial charge in [0.05, 0.1) is 0 Å². The van der Waals surface area contributed by atoms with Crippen LogP contribution in [0.4, 0.5) is 0 Å². The van der Waals surface area contributed by atoms with E-state index >= 15 is 0 Å². The molecule has 0 saturated carbocycles. The topological polar surface area (TPSA) is 60.2 Å². The van der Waals surface area contributed by atoms with E-state index in [-0.39, 0.29) is 6.61 Å². The summed E-state index contributed by atoms with van der Waals surface area (Å²) in [7, 11) is 0. The van der Waals surface area contributed by atoms with Crippen LogP contribution in [-0.2, 0) is 13.0 Å². The van der Waals surface area contributed by atoms with E-state index in [0.717, 1.165) is 24.3 Å². The molecule has 0 spiro atoms. The molecule has 0 unspecified atom stereocenters. The zero-order valence-corrected chi connectivity index (χ0v) is 10.5. The van der Waals surface area contributed by atoms with Crippen molar-refractivity contribution in [1.29, 1.82) is 0 Å². The van der Waals surface area contributed by atoms with Crippen LogP contribution in [0.15, 0.2) is 35.2 Å². The lowest BCUT2D eigenvalue weighted by Gasteiger charge is -2.10. The zero-order valence-electron chi connectivity index (χ0n) is 10.5. The van der Waals surface area contributed by atoms with Crippen molar-refractivity contribution in [1.82, 2.24) is 15.5 Å². The highest BCUT2D eigenvalue weighted by atomic mass is 16.5. The Labute approximate surface area is 112 Å². The van der Waals surface area contributed by atoms with Gasteiger partial charge in [0.25, 0.3) is 0 Å². The summed E-state index contributed by atoms with van der Waals surface area (Å²) >= 11 is 0. The van der Waals surface area contributed by atoms with Crippen molar-refractivity contribution in [2.45, 2.75) is 13.0 Å². The van der Waals surface area contributed by atoms with Gasteiger partial charge in [0.1, 0.15) is 12.4 Å². The van der Waals surface area contributed by atoms with Crippen LogP contribution < -0.4 is 10.1 Å². The quantitative estimate of drug-likeness (QED) is 0.600. The second kappa shape index (κ2) is 7.19. The minimum absolute atomic E-state index is 0.278. The number of hydrogen-bond donors (Lipinski definition) is 1. The Morgan fingerprint density at radius 2 is 2.26 bits per heavy atom. The van der Waals surface area contributed by atoms with Crippen LogP contribution in [0.25, 0.3) is 0 Å². The Bertz CT molecular complexity index is 532. The van der Waals surface area contributed by atoms with Gasteiger partial charge >= 0.3 is 0 Å². The van der Waals surface area contributed by atoms with Crippen LogP contribution in [-0.4, -0.2) is 23.3 Å². The third kappa shape index (κ3) is 4.12. The van der Waals surface area contributed by atoms with E-state index in [0.29, 0.717) is 12.4 Å². The molecule has 1 aromatic heterocycles. The van der Waals surface area contributed by atoms with Crippen molar-refractivity contribution in [3.63, 3.8) is 0 Å². The van der Waals surface area contributed by atoms with Gasteiger partial charge in [-0.1, -0.05) is 29.3 Å². The lowest BCUT2D eigenvalue weighted by Crippen LogP contribution is -2.17. The third-order valence-electron chi connectivity index (χ3n) is 2.53. The molecule has 19 heavy (non-hydrogen) atoms. The second-order valence-electron chi connectivity index (χ2n) is 3.87. The first-order valence-corrected chi connectivity index (χ1v) is 6.00. The number of para-hydroxylation sites is 1. The van der Waals surface area contributed by atoms with Crippen LogP contribution in [0.2, 0.25) is 0 Å². The number of rotatable bonds is 7. The monoisotopic (exact) mass is 257 g/mol. The van der Waals surface area contributed by atoms with Gasteiger partial charge in [0, 0.05) is 25.1 Å². The van der Waals surface area contributed by atoms with E-state index in [2.05, 4.69) is 25.9 Å². The van der Waals surface area contributed by atoms with Gasteiger partial charge < -0.3 is 14.6 Å². The van der Waals surface area contributed by atoms with Crippen molar-refractivity contribution in [3.8, 4) is 18.1 Å². The summed E-state index contributed by atoms with van der Waals surface area (Å²) in [4.78, 5) is 3.95. The van der Waals surface area contributed by atoms with Gasteiger partial charge in [-0.15, -0.1) is 6.42 Å². The fraction of sp³-hybridized carbons (Fsp3) is 0.286. The van der Waals surface area contributed by atoms with Crippen molar-refractivity contribution in [2.24, 2.45) is 0 Å². The van der Waals surface area contributed by atoms with E-state index in [4.69, 9.17) is 11.2 Å². The molecule has 0 atom stereocenters. The summed E-state index contributed by atoms with van der Waals surface area (Å²) in [5.74, 6) is 3.97. The number of aromatic nitrogens is 2. The maximum absolute atomic E-state index is 5.47. The van der Waals surface area contributed by atoms with Crippen molar-refractivity contribution >= 4 is 0 Å². The minimum Gasteiger partial charge on any atom is -0.481 e. The second-order valence-corrected chi connectivity index (χ2v) is 3.87. The smallest absolute Gasteiger partial charge is 0.213 e. The van der Waals surface area contributed by atoms with Crippen LogP contribution in [0, 0.1) is 12.3 Å². The Morgan fingerprint density at radius 1 is 1.37 bits per heavy atom. The maximum atomic E-state index is 5.47. The third-order valence-corrected chi connectivity index (χ3v) is 2.53. The summed E-state index contributed by atoms with van der Waals surface area (Å²) in [6.07, 6.45) is 7.25. The van der Waals surface area contributed by atoms with Crippen LogP contribution in [0.1, 0.15) is 11.4 Å². The number of nitrogens with one attached hydrogen (secondary N) is 1. The highest BCUT2D eigenvalue weighted by Gasteiger charge is 2.02. The Hall–Kier alpha value is -2.32. The lowest BCUT2D eigenvalue weighted by molar-refractivity contribution is 0.365. The molecule has 1 heterocycles. The van der Waals surface area contributed by atoms with E-state index in [9.17, 15) is 0 Å². The Kier molecular flexibility index (Phi) is 4.96. The van der Waals surface area contributed by atoms with Crippen LogP contribution in [0.5, 0.6) is 5.75 Å². The van der Waals surface area contributed by atoms with Gasteiger partial charge in [0.15, 0.2) is 5.82 Å². The molecule has 0 aliphatic rings. The maximum Gasteiger partial charge on any atom is 0.213 e. The minimum atomic E-state index is 0.278. The normalized spacial score (nSPS) is 10.1. The van der Waals surface area contributed by atoms with Gasteiger partial charge in [0.2, 0.25) is 6.39 Å². The van der Waals surface area contributed by atoms with Gasteiger partial charge in [-0.3, -0.25) is 0 Å². The molecule has 2 rings (SSSR count). The Morgan fingerprint density at radius 3 is 3.05 bits per heavy atom. The summed E-state index contributed by atoms with van der Waals surface area (Å²) in [5, 5.41) is 7.05. The van der Waals surface area contributed by atoms with Gasteiger partial charge in [-0.25, -0.2) is 0 Å². The predicted molar refractivity (Wildman–Crippen MR) is 70.5 cm³/mol. The first-order chi connectivity index (χ1) is 9.40. The van der Waals surface area contributed by atoms with Crippen LogP contribution in [0.3, 0.4) is 0 Å². The molecule has 5 heteroatoms.